The molecular formula is C22H24BrN3O2. The largest absolute Gasteiger partial charge is 0.353 e. The molecule has 1 aromatic carbocycles. The first-order chi connectivity index (χ1) is 13.5. The Morgan fingerprint density at radius 3 is 2.71 bits per heavy atom. The summed E-state index contributed by atoms with van der Waals surface area (Å²) in [5.74, 6) is -0.0397. The number of amides is 2. The van der Waals surface area contributed by atoms with E-state index in [0.29, 0.717) is 30.4 Å². The topological polar surface area (TPSA) is 62.3 Å². The van der Waals surface area contributed by atoms with E-state index in [-0.39, 0.29) is 17.7 Å². The summed E-state index contributed by atoms with van der Waals surface area (Å²) in [6.07, 6.45) is 3.87. The molecule has 1 aliphatic carbocycles. The molecular weight excluding hydrogens is 418 g/mol. The van der Waals surface area contributed by atoms with Crippen LogP contribution in [0.2, 0.25) is 0 Å². The van der Waals surface area contributed by atoms with Crippen LogP contribution in [0.4, 0.5) is 0 Å². The van der Waals surface area contributed by atoms with Gasteiger partial charge in [-0.2, -0.15) is 0 Å². The molecule has 1 aromatic heterocycles. The minimum atomic E-state index is -0.104. The zero-order valence-corrected chi connectivity index (χ0v) is 17.5. The molecule has 2 aromatic rings. The van der Waals surface area contributed by atoms with Crippen LogP contribution in [-0.2, 0) is 4.79 Å². The van der Waals surface area contributed by atoms with Crippen molar-refractivity contribution in [3.8, 4) is 11.3 Å². The number of halogens is 1. The summed E-state index contributed by atoms with van der Waals surface area (Å²) < 4.78 is 0.994. The summed E-state index contributed by atoms with van der Waals surface area (Å²) in [7, 11) is 0. The number of pyridine rings is 1. The lowest BCUT2D eigenvalue weighted by Gasteiger charge is -2.32. The number of hydrogen-bond acceptors (Lipinski definition) is 3. The fourth-order valence-corrected chi connectivity index (χ4v) is 4.09. The van der Waals surface area contributed by atoms with Crippen LogP contribution in [0.5, 0.6) is 0 Å². The lowest BCUT2D eigenvalue weighted by molar-refractivity contribution is -0.126. The average molecular weight is 442 g/mol. The first-order valence-corrected chi connectivity index (χ1v) is 10.6. The van der Waals surface area contributed by atoms with Crippen LogP contribution in [0.15, 0.2) is 40.9 Å². The van der Waals surface area contributed by atoms with Crippen LogP contribution < -0.4 is 5.32 Å². The van der Waals surface area contributed by atoms with Crippen molar-refractivity contribution in [2.45, 2.75) is 38.6 Å². The molecule has 0 spiro atoms. The number of nitrogens with one attached hydrogen (secondary N) is 1. The molecule has 1 N–H and O–H groups in total. The van der Waals surface area contributed by atoms with E-state index in [1.807, 2.05) is 48.2 Å². The zero-order valence-electron chi connectivity index (χ0n) is 16.0. The number of piperidine rings is 1. The molecule has 1 atom stereocenters. The van der Waals surface area contributed by atoms with Gasteiger partial charge in [-0.05, 0) is 56.9 Å². The van der Waals surface area contributed by atoms with Gasteiger partial charge in [0.05, 0.1) is 22.9 Å². The third kappa shape index (κ3) is 4.27. The van der Waals surface area contributed by atoms with E-state index in [4.69, 9.17) is 0 Å². The van der Waals surface area contributed by atoms with Crippen molar-refractivity contribution >= 4 is 27.7 Å². The lowest BCUT2D eigenvalue weighted by atomic mass is 9.96. The number of carbonyl (C=O) groups is 2. The van der Waals surface area contributed by atoms with Crippen molar-refractivity contribution in [1.82, 2.24) is 15.2 Å². The molecule has 2 aliphatic rings. The molecule has 0 bridgehead atoms. The Morgan fingerprint density at radius 1 is 1.18 bits per heavy atom. The highest BCUT2D eigenvalue weighted by molar-refractivity contribution is 9.10. The first-order valence-electron chi connectivity index (χ1n) is 9.84. The molecule has 2 amide bonds. The molecule has 1 unspecified atom stereocenters. The zero-order chi connectivity index (χ0) is 19.7. The van der Waals surface area contributed by atoms with Crippen LogP contribution in [-0.4, -0.2) is 40.8 Å². The summed E-state index contributed by atoms with van der Waals surface area (Å²) in [5, 5.41) is 3.07. The highest BCUT2D eigenvalue weighted by atomic mass is 79.9. The number of benzene rings is 1. The predicted octanol–water partition coefficient (Wildman–Crippen LogP) is 3.95. The number of aryl methyl sites for hydroxylation is 1. The number of nitrogens with zero attached hydrogens (tertiary/aromatic N) is 2. The van der Waals surface area contributed by atoms with Gasteiger partial charge in [0.1, 0.15) is 0 Å². The number of rotatable bonds is 4. The predicted molar refractivity (Wildman–Crippen MR) is 112 cm³/mol. The van der Waals surface area contributed by atoms with Crippen molar-refractivity contribution in [3.05, 3.63) is 52.1 Å². The van der Waals surface area contributed by atoms with E-state index in [0.717, 1.165) is 41.4 Å². The standard InChI is InChI=1S/C22H24BrN3O2/c1-14-19(9-10-20(24-14)15-4-2-6-17(23)12-15)22(28)26-11-3-5-16(13-26)21(27)25-18-7-8-18/h2,4,6,9-10,12,16,18H,3,5,7-8,11,13H2,1H3,(H,25,27). The fourth-order valence-electron chi connectivity index (χ4n) is 3.69. The highest BCUT2D eigenvalue weighted by Gasteiger charge is 2.32. The second-order valence-electron chi connectivity index (χ2n) is 7.71. The number of likely N-dealkylation sites (tertiary alicyclic amines) is 1. The Morgan fingerprint density at radius 2 is 2.00 bits per heavy atom. The van der Waals surface area contributed by atoms with E-state index < -0.39 is 0 Å². The Balaban J connectivity index is 1.48. The van der Waals surface area contributed by atoms with Gasteiger partial charge in [-0.15, -0.1) is 0 Å². The van der Waals surface area contributed by atoms with Gasteiger partial charge in [0.15, 0.2) is 0 Å². The highest BCUT2D eigenvalue weighted by Crippen LogP contribution is 2.25. The van der Waals surface area contributed by atoms with Gasteiger partial charge in [0.25, 0.3) is 5.91 Å². The molecule has 1 aliphatic heterocycles. The van der Waals surface area contributed by atoms with Gasteiger partial charge in [-0.1, -0.05) is 28.1 Å². The Bertz CT molecular complexity index is 910. The van der Waals surface area contributed by atoms with Crippen molar-refractivity contribution < 1.29 is 9.59 Å². The molecule has 1 saturated carbocycles. The SMILES string of the molecule is Cc1nc(-c2cccc(Br)c2)ccc1C(=O)N1CCCC(C(=O)NC2CC2)C1. The second kappa shape index (κ2) is 8.03. The van der Waals surface area contributed by atoms with Gasteiger partial charge >= 0.3 is 0 Å². The molecule has 5 nitrogen and oxygen atoms in total. The Labute approximate surface area is 173 Å². The molecule has 28 heavy (non-hydrogen) atoms. The minimum absolute atomic E-state index is 0.0327. The molecule has 4 rings (SSSR count). The first kappa shape index (κ1) is 19.1. The monoisotopic (exact) mass is 441 g/mol. The van der Waals surface area contributed by atoms with Crippen LogP contribution in [0.1, 0.15) is 41.7 Å². The number of hydrogen-bond donors (Lipinski definition) is 1. The van der Waals surface area contributed by atoms with E-state index in [9.17, 15) is 9.59 Å². The van der Waals surface area contributed by atoms with Crippen molar-refractivity contribution in [1.29, 1.82) is 0 Å². The lowest BCUT2D eigenvalue weighted by Crippen LogP contribution is -2.46. The molecule has 146 valence electrons. The normalized spacial score (nSPS) is 19.4. The second-order valence-corrected chi connectivity index (χ2v) is 8.63. The number of aromatic nitrogens is 1. The summed E-state index contributed by atoms with van der Waals surface area (Å²) in [4.78, 5) is 31.9. The Hall–Kier alpha value is -2.21. The maximum Gasteiger partial charge on any atom is 0.255 e. The van der Waals surface area contributed by atoms with E-state index in [1.165, 1.54) is 0 Å². The molecule has 2 heterocycles. The summed E-state index contributed by atoms with van der Waals surface area (Å²) in [5.41, 5.74) is 3.18. The van der Waals surface area contributed by atoms with Crippen LogP contribution in [0.25, 0.3) is 11.3 Å². The van der Waals surface area contributed by atoms with Gasteiger partial charge in [-0.3, -0.25) is 14.6 Å². The summed E-state index contributed by atoms with van der Waals surface area (Å²) in [6, 6.07) is 12.1. The van der Waals surface area contributed by atoms with E-state index >= 15 is 0 Å². The van der Waals surface area contributed by atoms with E-state index in [1.54, 1.807) is 0 Å². The molecule has 2 fully saturated rings. The third-order valence-corrected chi connectivity index (χ3v) is 5.93. The molecule has 6 heteroatoms. The maximum atomic E-state index is 13.1. The van der Waals surface area contributed by atoms with Crippen molar-refractivity contribution in [2.75, 3.05) is 13.1 Å². The van der Waals surface area contributed by atoms with E-state index in [2.05, 4.69) is 26.2 Å². The van der Waals surface area contributed by atoms with Crippen molar-refractivity contribution in [2.24, 2.45) is 5.92 Å². The minimum Gasteiger partial charge on any atom is -0.353 e. The molecule has 0 radical (unpaired) electrons. The molecule has 1 saturated heterocycles. The summed E-state index contributed by atoms with van der Waals surface area (Å²) in [6.45, 7) is 3.05. The van der Waals surface area contributed by atoms with Gasteiger partial charge < -0.3 is 10.2 Å². The van der Waals surface area contributed by atoms with Gasteiger partial charge in [-0.25, -0.2) is 0 Å². The van der Waals surface area contributed by atoms with Crippen molar-refractivity contribution in [3.63, 3.8) is 0 Å². The summed E-state index contributed by atoms with van der Waals surface area (Å²) >= 11 is 3.48. The quantitative estimate of drug-likeness (QED) is 0.780. The van der Waals surface area contributed by atoms with Crippen LogP contribution in [0.3, 0.4) is 0 Å². The van der Waals surface area contributed by atoms with Crippen LogP contribution in [0, 0.1) is 12.8 Å². The van der Waals surface area contributed by atoms with Gasteiger partial charge in [0.2, 0.25) is 5.91 Å². The Kier molecular flexibility index (Phi) is 5.49. The fraction of sp³-hybridized carbons (Fsp3) is 0.409. The van der Waals surface area contributed by atoms with Gasteiger partial charge in [0, 0.05) is 29.2 Å². The third-order valence-electron chi connectivity index (χ3n) is 5.44. The number of carbonyl (C=O) groups excluding carboxylic acids is 2. The maximum absolute atomic E-state index is 13.1. The smallest absolute Gasteiger partial charge is 0.255 e. The average Bonchev–Trinajstić information content (AvgIpc) is 3.51. The van der Waals surface area contributed by atoms with Crippen LogP contribution >= 0.6 is 15.9 Å².